The van der Waals surface area contributed by atoms with Crippen molar-refractivity contribution in [2.75, 3.05) is 7.11 Å². The first kappa shape index (κ1) is 13.7. The molecular formula is C10H9Cl2NO4. The summed E-state index contributed by atoms with van der Waals surface area (Å²) >= 11 is 11.4. The Morgan fingerprint density at radius 2 is 2.12 bits per heavy atom. The second-order valence-electron chi connectivity index (χ2n) is 3.22. The third kappa shape index (κ3) is 3.31. The number of esters is 1. The van der Waals surface area contributed by atoms with Crippen LogP contribution in [0.1, 0.15) is 11.1 Å². The van der Waals surface area contributed by atoms with E-state index in [2.05, 4.69) is 4.74 Å². The predicted molar refractivity (Wildman–Crippen MR) is 63.4 cm³/mol. The largest absolute Gasteiger partial charge is 0.469 e. The molecule has 0 aliphatic carbocycles. The number of carbonyl (C=O) groups excluding carboxylic acids is 1. The van der Waals surface area contributed by atoms with E-state index in [-0.39, 0.29) is 28.6 Å². The second kappa shape index (κ2) is 5.84. The molecule has 0 aliphatic rings. The minimum absolute atomic E-state index is 0.116. The van der Waals surface area contributed by atoms with Crippen molar-refractivity contribution >= 4 is 34.9 Å². The number of hydrogen-bond donors (Lipinski definition) is 0. The minimum atomic E-state index is -0.595. The first-order valence-corrected chi connectivity index (χ1v) is 5.49. The number of hydrogen-bond acceptors (Lipinski definition) is 4. The molecule has 0 saturated carbocycles. The number of carbonyl (C=O) groups is 1. The third-order valence-corrected chi connectivity index (χ3v) is 2.79. The fourth-order valence-corrected chi connectivity index (χ4v) is 1.81. The summed E-state index contributed by atoms with van der Waals surface area (Å²) in [7, 11) is 1.21. The molecule has 0 atom stereocenters. The monoisotopic (exact) mass is 277 g/mol. The van der Waals surface area contributed by atoms with Crippen molar-refractivity contribution in [2.24, 2.45) is 0 Å². The topological polar surface area (TPSA) is 69.4 Å². The molecule has 1 aromatic carbocycles. The summed E-state index contributed by atoms with van der Waals surface area (Å²) in [5, 5.41) is 11.0. The number of benzene rings is 1. The van der Waals surface area contributed by atoms with Crippen molar-refractivity contribution in [1.82, 2.24) is 0 Å². The normalized spacial score (nSPS) is 10.1. The van der Waals surface area contributed by atoms with Gasteiger partial charge in [0.25, 0.3) is 5.69 Å². The fraction of sp³-hybridized carbons (Fsp3) is 0.300. The van der Waals surface area contributed by atoms with Gasteiger partial charge in [0.1, 0.15) is 0 Å². The number of halogens is 2. The molecule has 5 nitrogen and oxygen atoms in total. The molecule has 0 fully saturated rings. The summed E-state index contributed by atoms with van der Waals surface area (Å²) in [6.07, 6.45) is -0.187. The van der Waals surface area contributed by atoms with E-state index >= 15 is 0 Å². The molecule has 0 radical (unpaired) electrons. The van der Waals surface area contributed by atoms with Gasteiger partial charge in [-0.05, 0) is 11.6 Å². The van der Waals surface area contributed by atoms with Crippen LogP contribution in [0.3, 0.4) is 0 Å². The molecule has 0 bridgehead atoms. The molecule has 0 saturated heterocycles. The first-order chi connectivity index (χ1) is 7.99. The van der Waals surface area contributed by atoms with Crippen LogP contribution in [0.5, 0.6) is 0 Å². The SMILES string of the molecule is COC(=O)Cc1cc(CCl)c(Cl)cc1[N+](=O)[O-]. The fourth-order valence-electron chi connectivity index (χ4n) is 1.30. The Hall–Kier alpha value is -1.33. The molecule has 7 heteroatoms. The van der Waals surface area contributed by atoms with E-state index in [1.54, 1.807) is 0 Å². The highest BCUT2D eigenvalue weighted by molar-refractivity contribution is 6.32. The first-order valence-electron chi connectivity index (χ1n) is 4.58. The summed E-state index contributed by atoms with van der Waals surface area (Å²) in [4.78, 5) is 21.3. The molecule has 92 valence electrons. The van der Waals surface area contributed by atoms with Crippen LogP contribution >= 0.6 is 23.2 Å². The average Bonchev–Trinajstić information content (AvgIpc) is 2.30. The smallest absolute Gasteiger partial charge is 0.310 e. The van der Waals surface area contributed by atoms with Gasteiger partial charge >= 0.3 is 5.97 Å². The van der Waals surface area contributed by atoms with Crippen molar-refractivity contribution in [3.8, 4) is 0 Å². The van der Waals surface area contributed by atoms with Crippen molar-refractivity contribution in [1.29, 1.82) is 0 Å². The maximum absolute atomic E-state index is 11.1. The van der Waals surface area contributed by atoms with Crippen molar-refractivity contribution in [2.45, 2.75) is 12.3 Å². The Balaban J connectivity index is 3.23. The van der Waals surface area contributed by atoms with E-state index in [1.165, 1.54) is 19.2 Å². The minimum Gasteiger partial charge on any atom is -0.469 e. The average molecular weight is 278 g/mol. The van der Waals surface area contributed by atoms with Gasteiger partial charge in [0, 0.05) is 17.5 Å². The number of nitrogens with zero attached hydrogens (tertiary/aromatic N) is 1. The molecule has 0 N–H and O–H groups in total. The Morgan fingerprint density at radius 3 is 2.59 bits per heavy atom. The van der Waals surface area contributed by atoms with Crippen LogP contribution in [0.4, 0.5) is 5.69 Å². The lowest BCUT2D eigenvalue weighted by molar-refractivity contribution is -0.385. The third-order valence-electron chi connectivity index (χ3n) is 2.15. The number of nitro benzene ring substituents is 1. The van der Waals surface area contributed by atoms with Gasteiger partial charge in [-0.2, -0.15) is 0 Å². The van der Waals surface area contributed by atoms with Crippen LogP contribution in [0.2, 0.25) is 5.02 Å². The molecule has 17 heavy (non-hydrogen) atoms. The Kier molecular flexibility index (Phi) is 4.72. The lowest BCUT2D eigenvalue weighted by Crippen LogP contribution is -2.07. The zero-order chi connectivity index (χ0) is 13.0. The van der Waals surface area contributed by atoms with Crippen LogP contribution in [-0.2, 0) is 21.8 Å². The maximum atomic E-state index is 11.1. The molecular weight excluding hydrogens is 269 g/mol. The molecule has 1 rings (SSSR count). The van der Waals surface area contributed by atoms with Gasteiger partial charge in [-0.15, -0.1) is 11.6 Å². The Morgan fingerprint density at radius 1 is 1.47 bits per heavy atom. The van der Waals surface area contributed by atoms with Gasteiger partial charge in [-0.25, -0.2) is 0 Å². The van der Waals surface area contributed by atoms with Gasteiger partial charge in [-0.3, -0.25) is 14.9 Å². The number of nitro groups is 1. The van der Waals surface area contributed by atoms with Gasteiger partial charge in [0.2, 0.25) is 0 Å². The molecule has 1 aromatic rings. The summed E-state index contributed by atoms with van der Waals surface area (Å²) in [5.41, 5.74) is 0.564. The van der Waals surface area contributed by atoms with Crippen molar-refractivity contribution in [3.05, 3.63) is 38.4 Å². The highest BCUT2D eigenvalue weighted by Gasteiger charge is 2.19. The summed E-state index contributed by atoms with van der Waals surface area (Å²) < 4.78 is 4.47. The number of rotatable bonds is 4. The van der Waals surface area contributed by atoms with Gasteiger partial charge in [0.05, 0.1) is 23.5 Å². The zero-order valence-corrected chi connectivity index (χ0v) is 10.4. The maximum Gasteiger partial charge on any atom is 0.310 e. The Labute approximate surface area is 107 Å². The van der Waals surface area contributed by atoms with Crippen LogP contribution in [0.25, 0.3) is 0 Å². The van der Waals surface area contributed by atoms with Gasteiger partial charge < -0.3 is 4.74 Å². The lowest BCUT2D eigenvalue weighted by atomic mass is 10.1. The molecule has 0 unspecified atom stereocenters. The van der Waals surface area contributed by atoms with E-state index in [1.807, 2.05) is 0 Å². The highest BCUT2D eigenvalue weighted by atomic mass is 35.5. The quantitative estimate of drug-likeness (QED) is 0.367. The highest BCUT2D eigenvalue weighted by Crippen LogP contribution is 2.28. The number of methoxy groups -OCH3 is 1. The van der Waals surface area contributed by atoms with E-state index < -0.39 is 10.9 Å². The van der Waals surface area contributed by atoms with Crippen LogP contribution in [0, 0.1) is 10.1 Å². The van der Waals surface area contributed by atoms with Crippen molar-refractivity contribution < 1.29 is 14.5 Å². The lowest BCUT2D eigenvalue weighted by Gasteiger charge is -2.06. The molecule has 0 spiro atoms. The standard InChI is InChI=1S/C10H9Cl2NO4/c1-17-10(14)3-6-2-7(5-11)8(12)4-9(6)13(15)16/h2,4H,3,5H2,1H3. The second-order valence-corrected chi connectivity index (χ2v) is 3.89. The van der Waals surface area contributed by atoms with Crippen LogP contribution in [-0.4, -0.2) is 18.0 Å². The number of ether oxygens (including phenoxy) is 1. The van der Waals surface area contributed by atoms with E-state index in [0.717, 1.165) is 0 Å². The zero-order valence-electron chi connectivity index (χ0n) is 8.91. The predicted octanol–water partition coefficient (Wildman–Crippen LogP) is 2.70. The van der Waals surface area contributed by atoms with E-state index in [0.29, 0.717) is 5.56 Å². The van der Waals surface area contributed by atoms with Crippen LogP contribution < -0.4 is 0 Å². The molecule has 0 amide bonds. The van der Waals surface area contributed by atoms with E-state index in [9.17, 15) is 14.9 Å². The molecule has 0 heterocycles. The summed E-state index contributed by atoms with van der Waals surface area (Å²) in [6, 6.07) is 2.64. The summed E-state index contributed by atoms with van der Waals surface area (Å²) in [6.45, 7) is 0. The summed E-state index contributed by atoms with van der Waals surface area (Å²) in [5.74, 6) is -0.443. The molecule has 0 aromatic heterocycles. The number of alkyl halides is 1. The van der Waals surface area contributed by atoms with Crippen LogP contribution in [0.15, 0.2) is 12.1 Å². The van der Waals surface area contributed by atoms with Gasteiger partial charge in [-0.1, -0.05) is 11.6 Å². The van der Waals surface area contributed by atoms with E-state index in [4.69, 9.17) is 23.2 Å². The molecule has 0 aliphatic heterocycles. The van der Waals surface area contributed by atoms with Crippen molar-refractivity contribution in [3.63, 3.8) is 0 Å². The van der Waals surface area contributed by atoms with Gasteiger partial charge in [0.15, 0.2) is 0 Å². The Bertz CT molecular complexity index is 462.